The van der Waals surface area contributed by atoms with Crippen LogP contribution < -0.4 is 16.0 Å². The van der Waals surface area contributed by atoms with Gasteiger partial charge in [-0.25, -0.2) is 14.8 Å². The first-order chi connectivity index (χ1) is 19.6. The third kappa shape index (κ3) is 7.15. The zero-order valence-corrected chi connectivity index (χ0v) is 24.2. The predicted molar refractivity (Wildman–Crippen MR) is 156 cm³/mol. The molecule has 218 valence electrons. The van der Waals surface area contributed by atoms with Crippen LogP contribution in [0, 0.1) is 5.92 Å². The van der Waals surface area contributed by atoms with Crippen molar-refractivity contribution in [2.75, 3.05) is 29.0 Å². The lowest BCUT2D eigenvalue weighted by Crippen LogP contribution is -2.38. The van der Waals surface area contributed by atoms with Gasteiger partial charge in [-0.05, 0) is 96.7 Å². The number of carbonyl (C=O) groups is 3. The molecule has 0 spiro atoms. The van der Waals surface area contributed by atoms with Crippen LogP contribution in [0.2, 0.25) is 5.02 Å². The zero-order chi connectivity index (χ0) is 29.1. The van der Waals surface area contributed by atoms with Gasteiger partial charge in [-0.2, -0.15) is 0 Å². The number of carbonyl (C=O) groups excluding carboxylic acids is 3. The highest BCUT2D eigenvalue weighted by Crippen LogP contribution is 2.34. The molecule has 11 nitrogen and oxygen atoms in total. The van der Waals surface area contributed by atoms with E-state index in [2.05, 4.69) is 30.8 Å². The number of anilines is 3. The van der Waals surface area contributed by atoms with E-state index in [-0.39, 0.29) is 46.0 Å². The summed E-state index contributed by atoms with van der Waals surface area (Å²) >= 11 is 5.92. The Morgan fingerprint density at radius 1 is 0.976 bits per heavy atom. The summed E-state index contributed by atoms with van der Waals surface area (Å²) in [6.07, 6.45) is 6.65. The third-order valence-corrected chi connectivity index (χ3v) is 7.53. The number of halogens is 1. The van der Waals surface area contributed by atoms with Gasteiger partial charge < -0.3 is 24.7 Å². The average Bonchev–Trinajstić information content (AvgIpc) is 3.58. The van der Waals surface area contributed by atoms with Gasteiger partial charge >= 0.3 is 6.09 Å². The molecule has 3 N–H and O–H groups in total. The lowest BCUT2D eigenvalue weighted by molar-refractivity contribution is -0.121. The van der Waals surface area contributed by atoms with Crippen LogP contribution in [0.25, 0.3) is 11.1 Å². The number of fused-ring (bicyclic) bond motifs is 1. The summed E-state index contributed by atoms with van der Waals surface area (Å²) in [5.41, 5.74) is -0.0719. The van der Waals surface area contributed by atoms with Crippen molar-refractivity contribution in [3.05, 3.63) is 41.2 Å². The standard InChI is InChI=1S/C29H35ClN6O5/c1-29(2,3)41-28(39)34-22-13-11-20-23(32-22)24(25(40-20)27(38)33-21-12-8-18(30)16-31-21)35-26(37)17-6-9-19(10-7-17)36-14-4-5-15-36/h8,11-13,16-17,19H,4-7,9-10,14-15H2,1-3H3,(H,35,37)(H,31,33,38)(H,32,34,39). The summed E-state index contributed by atoms with van der Waals surface area (Å²) in [5.74, 6) is -0.697. The Morgan fingerprint density at radius 2 is 1.68 bits per heavy atom. The number of pyridine rings is 2. The molecule has 1 aliphatic heterocycles. The molecule has 3 aromatic heterocycles. The van der Waals surface area contributed by atoms with Gasteiger partial charge in [0.25, 0.3) is 5.91 Å². The molecule has 41 heavy (non-hydrogen) atoms. The van der Waals surface area contributed by atoms with E-state index in [4.69, 9.17) is 20.8 Å². The minimum Gasteiger partial charge on any atom is -0.447 e. The fourth-order valence-electron chi connectivity index (χ4n) is 5.39. The van der Waals surface area contributed by atoms with E-state index in [1.807, 2.05) is 0 Å². The van der Waals surface area contributed by atoms with Crippen LogP contribution in [0.3, 0.4) is 0 Å². The lowest BCUT2D eigenvalue weighted by Gasteiger charge is -2.33. The largest absolute Gasteiger partial charge is 0.447 e. The van der Waals surface area contributed by atoms with Crippen molar-refractivity contribution in [3.8, 4) is 0 Å². The summed E-state index contributed by atoms with van der Waals surface area (Å²) < 4.78 is 11.2. The number of ether oxygens (including phenoxy) is 1. The van der Waals surface area contributed by atoms with Crippen LogP contribution in [0.4, 0.5) is 22.1 Å². The van der Waals surface area contributed by atoms with Crippen LogP contribution >= 0.6 is 11.6 Å². The highest BCUT2D eigenvalue weighted by atomic mass is 35.5. The molecule has 0 bridgehead atoms. The number of aromatic nitrogens is 2. The topological polar surface area (TPSA) is 139 Å². The van der Waals surface area contributed by atoms with E-state index < -0.39 is 17.6 Å². The number of hydrogen-bond donors (Lipinski definition) is 3. The summed E-state index contributed by atoms with van der Waals surface area (Å²) in [5, 5.41) is 8.62. The maximum atomic E-state index is 13.5. The number of furan rings is 1. The van der Waals surface area contributed by atoms with E-state index in [9.17, 15) is 14.4 Å². The van der Waals surface area contributed by atoms with Gasteiger partial charge in [0.2, 0.25) is 11.7 Å². The molecule has 0 unspecified atom stereocenters. The SMILES string of the molecule is CC(C)(C)OC(=O)Nc1ccc2oc(C(=O)Nc3ccc(Cl)cn3)c(NC(=O)C3CCC(N4CCCC4)CC3)c2n1. The number of hydrogen-bond acceptors (Lipinski definition) is 8. The Labute approximate surface area is 243 Å². The molecule has 2 fully saturated rings. The molecule has 12 heteroatoms. The van der Waals surface area contributed by atoms with Gasteiger partial charge in [0.15, 0.2) is 5.58 Å². The summed E-state index contributed by atoms with van der Waals surface area (Å²) in [6.45, 7) is 7.54. The molecule has 3 aromatic rings. The fraction of sp³-hybridized carbons (Fsp3) is 0.483. The molecule has 4 heterocycles. The second-order valence-corrected chi connectivity index (χ2v) is 12.0. The van der Waals surface area contributed by atoms with Crippen LogP contribution in [-0.4, -0.2) is 57.5 Å². The number of amides is 3. The second kappa shape index (κ2) is 12.0. The van der Waals surface area contributed by atoms with Crippen LogP contribution in [-0.2, 0) is 9.53 Å². The number of nitrogens with one attached hydrogen (secondary N) is 3. The summed E-state index contributed by atoms with van der Waals surface area (Å²) in [4.78, 5) is 50.3. The zero-order valence-electron chi connectivity index (χ0n) is 23.5. The lowest BCUT2D eigenvalue weighted by atomic mass is 9.85. The molecular weight excluding hydrogens is 548 g/mol. The fourth-order valence-corrected chi connectivity index (χ4v) is 5.50. The van der Waals surface area contributed by atoms with E-state index in [0.29, 0.717) is 11.1 Å². The number of nitrogens with zero attached hydrogens (tertiary/aromatic N) is 3. The van der Waals surface area contributed by atoms with Crippen LogP contribution in [0.5, 0.6) is 0 Å². The van der Waals surface area contributed by atoms with Crippen molar-refractivity contribution in [2.24, 2.45) is 5.92 Å². The predicted octanol–water partition coefficient (Wildman–Crippen LogP) is 6.07. The van der Waals surface area contributed by atoms with E-state index in [1.54, 1.807) is 39.0 Å². The monoisotopic (exact) mass is 582 g/mol. The van der Waals surface area contributed by atoms with Gasteiger partial charge in [0, 0.05) is 18.2 Å². The molecule has 1 aliphatic carbocycles. The molecule has 1 saturated carbocycles. The van der Waals surface area contributed by atoms with Crippen LogP contribution in [0.15, 0.2) is 34.9 Å². The van der Waals surface area contributed by atoms with Crippen molar-refractivity contribution in [1.29, 1.82) is 0 Å². The molecule has 0 radical (unpaired) electrons. The van der Waals surface area contributed by atoms with Gasteiger partial charge in [-0.15, -0.1) is 0 Å². The Hall–Kier alpha value is -3.70. The van der Waals surface area contributed by atoms with Crippen molar-refractivity contribution < 1.29 is 23.5 Å². The van der Waals surface area contributed by atoms with E-state index in [0.717, 1.165) is 38.8 Å². The van der Waals surface area contributed by atoms with Crippen molar-refractivity contribution in [3.63, 3.8) is 0 Å². The molecule has 0 atom stereocenters. The van der Waals surface area contributed by atoms with Crippen molar-refractivity contribution in [1.82, 2.24) is 14.9 Å². The number of likely N-dealkylation sites (tertiary alicyclic amines) is 1. The molecule has 2 aliphatic rings. The molecule has 0 aromatic carbocycles. The first-order valence-electron chi connectivity index (χ1n) is 14.0. The second-order valence-electron chi connectivity index (χ2n) is 11.5. The average molecular weight is 583 g/mol. The van der Waals surface area contributed by atoms with Gasteiger partial charge in [-0.1, -0.05) is 11.6 Å². The normalized spacial score (nSPS) is 19.6. The first kappa shape index (κ1) is 28.8. The smallest absolute Gasteiger partial charge is 0.413 e. The van der Waals surface area contributed by atoms with Gasteiger partial charge in [-0.3, -0.25) is 14.9 Å². The maximum Gasteiger partial charge on any atom is 0.413 e. The van der Waals surface area contributed by atoms with Crippen molar-refractivity contribution >= 4 is 57.9 Å². The highest BCUT2D eigenvalue weighted by Gasteiger charge is 2.32. The van der Waals surface area contributed by atoms with Crippen LogP contribution in [0.1, 0.15) is 69.9 Å². The summed E-state index contributed by atoms with van der Waals surface area (Å²) in [7, 11) is 0. The first-order valence-corrected chi connectivity index (χ1v) is 14.3. The molecule has 1 saturated heterocycles. The Bertz CT molecular complexity index is 1420. The summed E-state index contributed by atoms with van der Waals surface area (Å²) in [6, 6.07) is 6.78. The molecule has 3 amide bonds. The quantitative estimate of drug-likeness (QED) is 0.318. The van der Waals surface area contributed by atoms with E-state index >= 15 is 0 Å². The van der Waals surface area contributed by atoms with E-state index in [1.165, 1.54) is 25.1 Å². The number of rotatable bonds is 6. The Kier molecular flexibility index (Phi) is 8.46. The maximum absolute atomic E-state index is 13.5. The third-order valence-electron chi connectivity index (χ3n) is 7.31. The minimum absolute atomic E-state index is 0.127. The Morgan fingerprint density at radius 3 is 2.34 bits per heavy atom. The molecular formula is C29H35ClN6O5. The highest BCUT2D eigenvalue weighted by molar-refractivity contribution is 6.30. The molecule has 5 rings (SSSR count). The van der Waals surface area contributed by atoms with Gasteiger partial charge in [0.1, 0.15) is 28.4 Å². The van der Waals surface area contributed by atoms with Gasteiger partial charge in [0.05, 0.1) is 5.02 Å². The minimum atomic E-state index is -0.697. The Balaban J connectivity index is 1.39. The van der Waals surface area contributed by atoms with Crippen molar-refractivity contribution in [2.45, 2.75) is 70.9 Å².